The highest BCUT2D eigenvalue weighted by molar-refractivity contribution is 7.09. The molecular formula is C18H20N4OS. The summed E-state index contributed by atoms with van der Waals surface area (Å²) in [5, 5.41) is 7.38. The van der Waals surface area contributed by atoms with Crippen LogP contribution in [0.5, 0.6) is 0 Å². The molecule has 3 rings (SSSR count). The van der Waals surface area contributed by atoms with Crippen LogP contribution in [0.2, 0.25) is 0 Å². The number of carbonyl (C=O) groups excluding carboxylic acids is 1. The number of hydrogen-bond donors (Lipinski definition) is 1. The number of aromatic nitrogens is 3. The Bertz CT molecular complexity index is 767. The Hall–Kier alpha value is -2.47. The minimum atomic E-state index is -0.0962. The average molecular weight is 340 g/mol. The molecular weight excluding hydrogens is 320 g/mol. The number of hydrogen-bond acceptors (Lipinski definition) is 4. The van der Waals surface area contributed by atoms with Crippen molar-refractivity contribution in [2.75, 3.05) is 0 Å². The summed E-state index contributed by atoms with van der Waals surface area (Å²) in [6, 6.07) is 11.8. The number of carbonyl (C=O) groups is 1. The van der Waals surface area contributed by atoms with Crippen LogP contribution >= 0.6 is 11.3 Å². The second-order valence-corrected chi connectivity index (χ2v) is 6.56. The predicted octanol–water partition coefficient (Wildman–Crippen LogP) is 3.14. The summed E-state index contributed by atoms with van der Waals surface area (Å²) in [6.45, 7) is 2.59. The Morgan fingerprint density at radius 3 is 2.79 bits per heavy atom. The molecule has 1 unspecified atom stereocenters. The lowest BCUT2D eigenvalue weighted by molar-refractivity contribution is -0.121. The minimum Gasteiger partial charge on any atom is -0.347 e. The lowest BCUT2D eigenvalue weighted by Gasteiger charge is -2.19. The van der Waals surface area contributed by atoms with Crippen LogP contribution in [0.1, 0.15) is 28.6 Å². The molecule has 24 heavy (non-hydrogen) atoms. The first-order valence-electron chi connectivity index (χ1n) is 7.93. The molecule has 1 N–H and O–H groups in total. The van der Waals surface area contributed by atoms with Gasteiger partial charge in [-0.05, 0) is 25.0 Å². The highest BCUT2D eigenvalue weighted by atomic mass is 32.1. The van der Waals surface area contributed by atoms with Gasteiger partial charge in [0, 0.05) is 23.7 Å². The van der Waals surface area contributed by atoms with Gasteiger partial charge in [-0.3, -0.25) is 9.48 Å². The van der Waals surface area contributed by atoms with Crippen molar-refractivity contribution in [1.29, 1.82) is 0 Å². The first kappa shape index (κ1) is 16.4. The third-order valence-corrected chi connectivity index (χ3v) is 4.88. The number of benzene rings is 1. The van der Waals surface area contributed by atoms with Crippen LogP contribution in [-0.4, -0.2) is 20.7 Å². The molecule has 124 valence electrons. The van der Waals surface area contributed by atoms with Crippen LogP contribution < -0.4 is 5.32 Å². The monoisotopic (exact) mass is 340 g/mol. The number of rotatable bonds is 7. The zero-order valence-corrected chi connectivity index (χ0v) is 14.4. The van der Waals surface area contributed by atoms with Gasteiger partial charge in [0.2, 0.25) is 5.91 Å². The molecule has 1 atom stereocenters. The van der Waals surface area contributed by atoms with Crippen LogP contribution in [0, 0.1) is 6.92 Å². The van der Waals surface area contributed by atoms with Gasteiger partial charge in [0.1, 0.15) is 0 Å². The topological polar surface area (TPSA) is 59.8 Å². The van der Waals surface area contributed by atoms with Gasteiger partial charge >= 0.3 is 0 Å². The Kier molecular flexibility index (Phi) is 5.38. The van der Waals surface area contributed by atoms with Gasteiger partial charge in [-0.2, -0.15) is 5.10 Å². The Balaban J connectivity index is 1.64. The van der Waals surface area contributed by atoms with Crippen molar-refractivity contribution in [2.45, 2.75) is 32.4 Å². The van der Waals surface area contributed by atoms with E-state index in [4.69, 9.17) is 0 Å². The van der Waals surface area contributed by atoms with E-state index in [1.54, 1.807) is 17.5 Å². The lowest BCUT2D eigenvalue weighted by atomic mass is 10.1. The Morgan fingerprint density at radius 2 is 2.12 bits per heavy atom. The molecule has 0 spiro atoms. The summed E-state index contributed by atoms with van der Waals surface area (Å²) in [4.78, 5) is 17.8. The lowest BCUT2D eigenvalue weighted by Crippen LogP contribution is -2.31. The number of thiazole rings is 1. The molecule has 0 saturated carbocycles. The van der Waals surface area contributed by atoms with Crippen LogP contribution in [0.15, 0.2) is 54.3 Å². The molecule has 0 radical (unpaired) electrons. The van der Waals surface area contributed by atoms with Gasteiger partial charge in [0.25, 0.3) is 0 Å². The third kappa shape index (κ3) is 4.29. The quantitative estimate of drug-likeness (QED) is 0.719. The van der Waals surface area contributed by atoms with E-state index in [-0.39, 0.29) is 11.9 Å². The molecule has 3 aromatic rings. The first-order valence-corrected chi connectivity index (χ1v) is 8.81. The normalized spacial score (nSPS) is 12.0. The molecule has 1 amide bonds. The second kappa shape index (κ2) is 7.88. The molecule has 2 aromatic heterocycles. The van der Waals surface area contributed by atoms with E-state index in [1.807, 2.05) is 59.7 Å². The molecule has 5 nitrogen and oxygen atoms in total. The molecule has 0 saturated heterocycles. The van der Waals surface area contributed by atoms with Crippen LogP contribution in [0.3, 0.4) is 0 Å². The van der Waals surface area contributed by atoms with Crippen molar-refractivity contribution in [2.24, 2.45) is 0 Å². The largest absolute Gasteiger partial charge is 0.347 e. The Labute approximate surface area is 145 Å². The maximum absolute atomic E-state index is 12.4. The third-order valence-electron chi connectivity index (χ3n) is 3.89. The maximum atomic E-state index is 12.4. The Morgan fingerprint density at radius 1 is 1.29 bits per heavy atom. The molecule has 0 aliphatic heterocycles. The number of amides is 1. The molecule has 6 heteroatoms. The van der Waals surface area contributed by atoms with Crippen LogP contribution in [0.25, 0.3) is 0 Å². The van der Waals surface area contributed by atoms with Gasteiger partial charge in [-0.15, -0.1) is 11.3 Å². The van der Waals surface area contributed by atoms with E-state index < -0.39 is 0 Å². The molecule has 0 fully saturated rings. The smallest absolute Gasteiger partial charge is 0.220 e. The maximum Gasteiger partial charge on any atom is 0.220 e. The molecule has 0 aliphatic rings. The second-order valence-electron chi connectivity index (χ2n) is 5.62. The van der Waals surface area contributed by atoms with Crippen molar-refractivity contribution in [3.8, 4) is 0 Å². The van der Waals surface area contributed by atoms with E-state index in [9.17, 15) is 4.79 Å². The standard InChI is InChI=1S/C18H20N4OS/c1-14-17(24-13-19-14)8-9-18(23)21-16(12-22-11-5-10-20-22)15-6-3-2-4-7-15/h2-7,10-11,13,16H,8-9,12H2,1H3,(H,21,23). The fourth-order valence-electron chi connectivity index (χ4n) is 2.57. The summed E-state index contributed by atoms with van der Waals surface area (Å²) in [7, 11) is 0. The number of aryl methyl sites for hydroxylation is 2. The summed E-state index contributed by atoms with van der Waals surface area (Å²) in [5.74, 6) is 0.0452. The summed E-state index contributed by atoms with van der Waals surface area (Å²) < 4.78 is 1.84. The molecule has 0 aliphatic carbocycles. The van der Waals surface area contributed by atoms with Gasteiger partial charge in [0.05, 0.1) is 23.8 Å². The number of nitrogens with one attached hydrogen (secondary N) is 1. The van der Waals surface area contributed by atoms with Crippen molar-refractivity contribution in [3.63, 3.8) is 0 Å². The van der Waals surface area contributed by atoms with E-state index in [0.717, 1.165) is 17.7 Å². The predicted molar refractivity (Wildman–Crippen MR) is 94.7 cm³/mol. The van der Waals surface area contributed by atoms with E-state index in [1.165, 1.54) is 4.88 Å². The van der Waals surface area contributed by atoms with Crippen molar-refractivity contribution in [3.05, 3.63) is 70.4 Å². The van der Waals surface area contributed by atoms with E-state index in [0.29, 0.717) is 13.0 Å². The average Bonchev–Trinajstić information content (AvgIpc) is 3.25. The van der Waals surface area contributed by atoms with Gasteiger partial charge < -0.3 is 5.32 Å². The van der Waals surface area contributed by atoms with Crippen molar-refractivity contribution < 1.29 is 4.79 Å². The number of nitrogens with zero attached hydrogens (tertiary/aromatic N) is 3. The summed E-state index contributed by atoms with van der Waals surface area (Å²) in [6.07, 6.45) is 4.84. The summed E-state index contributed by atoms with van der Waals surface area (Å²) in [5.41, 5.74) is 3.92. The SMILES string of the molecule is Cc1ncsc1CCC(=O)NC(Cn1cccn1)c1ccccc1. The summed E-state index contributed by atoms with van der Waals surface area (Å²) >= 11 is 1.61. The van der Waals surface area contributed by atoms with Crippen molar-refractivity contribution >= 4 is 17.2 Å². The van der Waals surface area contributed by atoms with E-state index >= 15 is 0 Å². The van der Waals surface area contributed by atoms with Crippen molar-refractivity contribution in [1.82, 2.24) is 20.1 Å². The van der Waals surface area contributed by atoms with E-state index in [2.05, 4.69) is 15.4 Å². The fraction of sp³-hybridized carbons (Fsp3) is 0.278. The fourth-order valence-corrected chi connectivity index (χ4v) is 3.36. The van der Waals surface area contributed by atoms with Crippen LogP contribution in [-0.2, 0) is 17.8 Å². The highest BCUT2D eigenvalue weighted by Crippen LogP contribution is 2.17. The van der Waals surface area contributed by atoms with Gasteiger partial charge in [-0.25, -0.2) is 4.98 Å². The first-order chi connectivity index (χ1) is 11.7. The van der Waals surface area contributed by atoms with Gasteiger partial charge in [-0.1, -0.05) is 30.3 Å². The highest BCUT2D eigenvalue weighted by Gasteiger charge is 2.16. The van der Waals surface area contributed by atoms with Gasteiger partial charge in [0.15, 0.2) is 0 Å². The minimum absolute atomic E-state index is 0.0452. The molecule has 1 aromatic carbocycles. The molecule has 2 heterocycles. The van der Waals surface area contributed by atoms with Crippen LogP contribution in [0.4, 0.5) is 0 Å². The zero-order chi connectivity index (χ0) is 16.8. The molecule has 0 bridgehead atoms. The zero-order valence-electron chi connectivity index (χ0n) is 13.6.